The Hall–Kier alpha value is -2.83. The Morgan fingerprint density at radius 1 is 1.10 bits per heavy atom. The minimum Gasteiger partial charge on any atom is -0.315 e. The van der Waals surface area contributed by atoms with Crippen molar-refractivity contribution in [3.8, 4) is 0 Å². The van der Waals surface area contributed by atoms with E-state index in [0.29, 0.717) is 11.6 Å². The summed E-state index contributed by atoms with van der Waals surface area (Å²) < 4.78 is 26.1. The highest BCUT2D eigenvalue weighted by molar-refractivity contribution is 6.43. The van der Waals surface area contributed by atoms with Crippen molar-refractivity contribution in [3.05, 3.63) is 53.7 Å². The van der Waals surface area contributed by atoms with Gasteiger partial charge in [-0.1, -0.05) is 6.07 Å². The minimum absolute atomic E-state index is 0.234. The van der Waals surface area contributed by atoms with E-state index in [4.69, 9.17) is 0 Å². The summed E-state index contributed by atoms with van der Waals surface area (Å²) in [5, 5.41) is 4.36. The van der Waals surface area contributed by atoms with Crippen molar-refractivity contribution in [2.45, 2.75) is 6.92 Å². The smallest absolute Gasteiger partial charge is 0.315 e. The van der Waals surface area contributed by atoms with Crippen LogP contribution in [0.15, 0.2) is 36.5 Å². The van der Waals surface area contributed by atoms with E-state index in [2.05, 4.69) is 15.6 Å². The van der Waals surface area contributed by atoms with E-state index < -0.39 is 23.4 Å². The third kappa shape index (κ3) is 3.59. The first-order valence-corrected chi connectivity index (χ1v) is 5.96. The van der Waals surface area contributed by atoms with E-state index in [1.807, 2.05) is 0 Å². The quantitative estimate of drug-likeness (QED) is 0.834. The van der Waals surface area contributed by atoms with Crippen LogP contribution >= 0.6 is 0 Å². The molecular weight excluding hydrogens is 280 g/mol. The van der Waals surface area contributed by atoms with E-state index >= 15 is 0 Å². The molecule has 1 aromatic heterocycles. The number of hydrogen-bond acceptors (Lipinski definition) is 3. The van der Waals surface area contributed by atoms with Crippen molar-refractivity contribution in [3.63, 3.8) is 0 Å². The normalized spacial score (nSPS) is 10.0. The van der Waals surface area contributed by atoms with Gasteiger partial charge in [0.1, 0.15) is 17.5 Å². The summed E-state index contributed by atoms with van der Waals surface area (Å²) in [4.78, 5) is 27.2. The topological polar surface area (TPSA) is 71.1 Å². The number of hydrogen-bond donors (Lipinski definition) is 2. The Bertz CT molecular complexity index is 704. The Morgan fingerprint density at radius 3 is 2.48 bits per heavy atom. The number of halogens is 2. The summed E-state index contributed by atoms with van der Waals surface area (Å²) in [5.74, 6) is -3.59. The van der Waals surface area contributed by atoms with Crippen LogP contribution in [-0.4, -0.2) is 16.8 Å². The standard InChI is InChI=1S/C14H11F2N3O2/c1-8-3-2-6-17-12(8)19-14(21)13(20)18-11-5-4-9(15)7-10(11)16/h2-7H,1H3,(H,18,20)(H,17,19,21). The van der Waals surface area contributed by atoms with Crippen LogP contribution in [0.25, 0.3) is 0 Å². The van der Waals surface area contributed by atoms with Gasteiger partial charge in [0.05, 0.1) is 5.69 Å². The highest BCUT2D eigenvalue weighted by Gasteiger charge is 2.17. The molecule has 0 aliphatic carbocycles. The zero-order valence-electron chi connectivity index (χ0n) is 11.0. The van der Waals surface area contributed by atoms with Gasteiger partial charge in [0.2, 0.25) is 0 Å². The van der Waals surface area contributed by atoms with Gasteiger partial charge in [0, 0.05) is 12.3 Å². The number of pyridine rings is 1. The monoisotopic (exact) mass is 291 g/mol. The van der Waals surface area contributed by atoms with Crippen LogP contribution in [0.4, 0.5) is 20.3 Å². The van der Waals surface area contributed by atoms with Crippen molar-refractivity contribution < 1.29 is 18.4 Å². The average Bonchev–Trinajstić information content (AvgIpc) is 2.44. The van der Waals surface area contributed by atoms with Crippen LogP contribution < -0.4 is 10.6 Å². The highest BCUT2D eigenvalue weighted by Crippen LogP contribution is 2.15. The van der Waals surface area contributed by atoms with Gasteiger partial charge in [-0.05, 0) is 30.7 Å². The minimum atomic E-state index is -1.08. The lowest BCUT2D eigenvalue weighted by molar-refractivity contribution is -0.133. The molecule has 2 aromatic rings. The zero-order chi connectivity index (χ0) is 15.4. The lowest BCUT2D eigenvalue weighted by Crippen LogP contribution is -2.30. The van der Waals surface area contributed by atoms with E-state index in [1.54, 1.807) is 19.1 Å². The van der Waals surface area contributed by atoms with Gasteiger partial charge < -0.3 is 10.6 Å². The number of nitrogens with one attached hydrogen (secondary N) is 2. The molecule has 0 aliphatic rings. The average molecular weight is 291 g/mol. The second-order valence-electron chi connectivity index (χ2n) is 4.20. The molecule has 0 radical (unpaired) electrons. The van der Waals surface area contributed by atoms with E-state index in [-0.39, 0.29) is 11.5 Å². The predicted octanol–water partition coefficient (Wildman–Crippen LogP) is 2.25. The first-order valence-electron chi connectivity index (χ1n) is 5.96. The molecule has 0 saturated carbocycles. The summed E-state index contributed by atoms with van der Waals surface area (Å²) in [5.41, 5.74) is 0.390. The van der Waals surface area contributed by atoms with Crippen LogP contribution in [0.5, 0.6) is 0 Å². The number of benzene rings is 1. The van der Waals surface area contributed by atoms with E-state index in [0.717, 1.165) is 12.1 Å². The fourth-order valence-corrected chi connectivity index (χ4v) is 1.55. The number of aromatic nitrogens is 1. The summed E-state index contributed by atoms with van der Waals surface area (Å²) >= 11 is 0. The molecule has 2 rings (SSSR count). The summed E-state index contributed by atoms with van der Waals surface area (Å²) in [6, 6.07) is 6.00. The van der Waals surface area contributed by atoms with Crippen LogP contribution in [0.3, 0.4) is 0 Å². The lowest BCUT2D eigenvalue weighted by atomic mass is 10.3. The third-order valence-electron chi connectivity index (χ3n) is 2.63. The molecule has 108 valence electrons. The van der Waals surface area contributed by atoms with E-state index in [1.165, 1.54) is 6.20 Å². The van der Waals surface area contributed by atoms with Crippen LogP contribution in [-0.2, 0) is 9.59 Å². The van der Waals surface area contributed by atoms with Gasteiger partial charge in [0.25, 0.3) is 0 Å². The van der Waals surface area contributed by atoms with Crippen molar-refractivity contribution in [1.29, 1.82) is 0 Å². The molecule has 0 bridgehead atoms. The first-order chi connectivity index (χ1) is 9.97. The SMILES string of the molecule is Cc1cccnc1NC(=O)C(=O)Nc1ccc(F)cc1F. The molecule has 21 heavy (non-hydrogen) atoms. The number of rotatable bonds is 2. The second kappa shape index (κ2) is 6.08. The Labute approximate surface area is 119 Å². The van der Waals surface area contributed by atoms with Gasteiger partial charge in [0.15, 0.2) is 0 Å². The van der Waals surface area contributed by atoms with Gasteiger partial charge in [-0.25, -0.2) is 13.8 Å². The number of aryl methyl sites for hydroxylation is 1. The molecular formula is C14H11F2N3O2. The summed E-state index contributed by atoms with van der Waals surface area (Å²) in [6.07, 6.45) is 1.46. The van der Waals surface area contributed by atoms with Gasteiger partial charge in [-0.3, -0.25) is 9.59 Å². The molecule has 2 amide bonds. The molecule has 2 N–H and O–H groups in total. The molecule has 0 fully saturated rings. The summed E-state index contributed by atoms with van der Waals surface area (Å²) in [7, 11) is 0. The molecule has 0 unspecified atom stereocenters. The van der Waals surface area contributed by atoms with Crippen molar-refractivity contribution >= 4 is 23.3 Å². The number of carbonyl (C=O) groups excluding carboxylic acids is 2. The van der Waals surface area contributed by atoms with Crippen LogP contribution in [0.1, 0.15) is 5.56 Å². The van der Waals surface area contributed by atoms with Gasteiger partial charge in [-0.2, -0.15) is 0 Å². The Morgan fingerprint density at radius 2 is 1.81 bits per heavy atom. The maximum absolute atomic E-state index is 13.4. The molecule has 7 heteroatoms. The molecule has 0 saturated heterocycles. The predicted molar refractivity (Wildman–Crippen MR) is 72.6 cm³/mol. The molecule has 0 aliphatic heterocycles. The van der Waals surface area contributed by atoms with Crippen molar-refractivity contribution in [2.75, 3.05) is 10.6 Å². The van der Waals surface area contributed by atoms with Crippen LogP contribution in [0.2, 0.25) is 0 Å². The largest absolute Gasteiger partial charge is 0.315 e. The fraction of sp³-hybridized carbons (Fsp3) is 0.0714. The maximum atomic E-state index is 13.4. The molecule has 1 heterocycles. The number of anilines is 2. The number of nitrogens with zero attached hydrogens (tertiary/aromatic N) is 1. The second-order valence-corrected chi connectivity index (χ2v) is 4.20. The van der Waals surface area contributed by atoms with Crippen LogP contribution in [0, 0.1) is 18.6 Å². The number of carbonyl (C=O) groups is 2. The zero-order valence-corrected chi connectivity index (χ0v) is 11.0. The van der Waals surface area contributed by atoms with Gasteiger partial charge in [-0.15, -0.1) is 0 Å². The molecule has 0 atom stereocenters. The van der Waals surface area contributed by atoms with E-state index in [9.17, 15) is 18.4 Å². The Balaban J connectivity index is 2.06. The first kappa shape index (κ1) is 14.6. The fourth-order valence-electron chi connectivity index (χ4n) is 1.55. The molecule has 1 aromatic carbocycles. The third-order valence-corrected chi connectivity index (χ3v) is 2.63. The van der Waals surface area contributed by atoms with Gasteiger partial charge >= 0.3 is 11.8 Å². The highest BCUT2D eigenvalue weighted by atomic mass is 19.1. The van der Waals surface area contributed by atoms with Crippen molar-refractivity contribution in [1.82, 2.24) is 4.98 Å². The lowest BCUT2D eigenvalue weighted by Gasteiger charge is -2.08. The Kier molecular flexibility index (Phi) is 4.22. The number of amides is 2. The summed E-state index contributed by atoms with van der Waals surface area (Å²) in [6.45, 7) is 1.71. The maximum Gasteiger partial charge on any atom is 0.315 e. The van der Waals surface area contributed by atoms with Crippen molar-refractivity contribution in [2.24, 2.45) is 0 Å². The molecule has 0 spiro atoms. The molecule has 5 nitrogen and oxygen atoms in total.